The summed E-state index contributed by atoms with van der Waals surface area (Å²) in [7, 11) is 1.81. The van der Waals surface area contributed by atoms with Crippen molar-refractivity contribution in [3.05, 3.63) is 70.2 Å². The van der Waals surface area contributed by atoms with Gasteiger partial charge in [0.2, 0.25) is 0 Å². The maximum Gasteiger partial charge on any atom is 0.265 e. The summed E-state index contributed by atoms with van der Waals surface area (Å²) in [5, 5.41) is 8.81. The van der Waals surface area contributed by atoms with Gasteiger partial charge in [-0.25, -0.2) is 0 Å². The molecule has 1 N–H and O–H groups in total. The normalized spacial score (nSPS) is 11.0. The molecule has 0 aliphatic rings. The summed E-state index contributed by atoms with van der Waals surface area (Å²) in [6.45, 7) is 2.40. The Morgan fingerprint density at radius 3 is 3.00 bits per heavy atom. The second kappa shape index (κ2) is 7.81. The fourth-order valence-electron chi connectivity index (χ4n) is 2.34. The summed E-state index contributed by atoms with van der Waals surface area (Å²) in [4.78, 5) is 12.9. The number of benzene rings is 1. The Balaban J connectivity index is 1.63. The molecule has 6 heteroatoms. The number of allylic oxidation sites excluding steroid dienone is 1. The van der Waals surface area contributed by atoms with Crippen LogP contribution in [0, 0.1) is 0 Å². The van der Waals surface area contributed by atoms with E-state index in [-0.39, 0.29) is 5.91 Å². The molecule has 128 valence electrons. The number of aromatic nitrogens is 2. The summed E-state index contributed by atoms with van der Waals surface area (Å²) in [6, 6.07) is 9.73. The van der Waals surface area contributed by atoms with Crippen LogP contribution in [0.5, 0.6) is 5.75 Å². The maximum atomic E-state index is 12.3. The average molecular weight is 353 g/mol. The fourth-order valence-corrected chi connectivity index (χ4v) is 3.13. The first kappa shape index (κ1) is 17.0. The lowest BCUT2D eigenvalue weighted by Gasteiger charge is -2.08. The molecular formula is C19H19N3O2S. The zero-order chi connectivity index (χ0) is 17.6. The van der Waals surface area contributed by atoms with Crippen LogP contribution in [0.3, 0.4) is 0 Å². The van der Waals surface area contributed by atoms with E-state index in [0.29, 0.717) is 17.2 Å². The van der Waals surface area contributed by atoms with Gasteiger partial charge in [0.25, 0.3) is 5.91 Å². The Hall–Kier alpha value is -2.86. The molecule has 3 rings (SSSR count). The SMILES string of the molecule is C/C=C/c1ccccc1OCc1csc(C(=O)Nc2cnn(C)c2)c1. The van der Waals surface area contributed by atoms with Crippen LogP contribution in [0.4, 0.5) is 5.69 Å². The molecule has 1 amide bonds. The van der Waals surface area contributed by atoms with Gasteiger partial charge in [-0.15, -0.1) is 11.3 Å². The molecule has 0 fully saturated rings. The van der Waals surface area contributed by atoms with Crippen molar-refractivity contribution in [3.63, 3.8) is 0 Å². The predicted octanol–water partition coefficient (Wildman–Crippen LogP) is 4.35. The third kappa shape index (κ3) is 4.36. The van der Waals surface area contributed by atoms with Crippen molar-refractivity contribution in [1.29, 1.82) is 0 Å². The Kier molecular flexibility index (Phi) is 5.30. The van der Waals surface area contributed by atoms with Gasteiger partial charge < -0.3 is 10.1 Å². The summed E-state index contributed by atoms with van der Waals surface area (Å²) in [6.07, 6.45) is 7.37. The van der Waals surface area contributed by atoms with Gasteiger partial charge in [-0.05, 0) is 24.4 Å². The highest BCUT2D eigenvalue weighted by Gasteiger charge is 2.11. The third-order valence-electron chi connectivity index (χ3n) is 3.50. The van der Waals surface area contributed by atoms with Crippen LogP contribution in [0.15, 0.2) is 54.2 Å². The van der Waals surface area contributed by atoms with Crippen molar-refractivity contribution < 1.29 is 9.53 Å². The number of carbonyl (C=O) groups excluding carboxylic acids is 1. The molecule has 1 aromatic carbocycles. The van der Waals surface area contributed by atoms with Gasteiger partial charge in [0, 0.05) is 24.4 Å². The first-order valence-electron chi connectivity index (χ1n) is 7.87. The Morgan fingerprint density at radius 1 is 1.40 bits per heavy atom. The van der Waals surface area contributed by atoms with Crippen molar-refractivity contribution >= 4 is 29.0 Å². The predicted molar refractivity (Wildman–Crippen MR) is 101 cm³/mol. The van der Waals surface area contributed by atoms with E-state index in [4.69, 9.17) is 4.74 Å². The van der Waals surface area contributed by atoms with E-state index in [1.54, 1.807) is 17.1 Å². The van der Waals surface area contributed by atoms with Gasteiger partial charge in [0.05, 0.1) is 16.8 Å². The van der Waals surface area contributed by atoms with Crippen LogP contribution >= 0.6 is 11.3 Å². The standard InChI is InChI=1S/C19H19N3O2S/c1-3-6-15-7-4-5-8-17(15)24-12-14-9-18(25-13-14)19(23)21-16-10-20-22(2)11-16/h3-11,13H,12H2,1-2H3,(H,21,23)/b6-3+. The van der Waals surface area contributed by atoms with Crippen LogP contribution < -0.4 is 10.1 Å². The number of carbonyl (C=O) groups is 1. The maximum absolute atomic E-state index is 12.3. The van der Waals surface area contributed by atoms with E-state index in [1.165, 1.54) is 11.3 Å². The van der Waals surface area contributed by atoms with Crippen LogP contribution in [-0.2, 0) is 13.7 Å². The van der Waals surface area contributed by atoms with E-state index in [2.05, 4.69) is 10.4 Å². The van der Waals surface area contributed by atoms with Crippen LogP contribution in [0.1, 0.15) is 27.7 Å². The summed E-state index contributed by atoms with van der Waals surface area (Å²) < 4.78 is 7.55. The molecule has 2 heterocycles. The molecular weight excluding hydrogens is 334 g/mol. The van der Waals surface area contributed by atoms with Crippen LogP contribution in [0.25, 0.3) is 6.08 Å². The minimum Gasteiger partial charge on any atom is -0.488 e. The molecule has 0 saturated heterocycles. The number of thiophene rings is 1. The number of para-hydroxylation sites is 1. The van der Waals surface area contributed by atoms with Crippen molar-refractivity contribution in [1.82, 2.24) is 9.78 Å². The number of nitrogens with zero attached hydrogens (tertiary/aromatic N) is 2. The molecule has 0 saturated carbocycles. The number of ether oxygens (including phenoxy) is 1. The summed E-state index contributed by atoms with van der Waals surface area (Å²) >= 11 is 1.40. The lowest BCUT2D eigenvalue weighted by atomic mass is 10.2. The quantitative estimate of drug-likeness (QED) is 0.717. The molecule has 3 aromatic rings. The zero-order valence-electron chi connectivity index (χ0n) is 14.1. The Bertz CT molecular complexity index is 895. The number of hydrogen-bond donors (Lipinski definition) is 1. The molecule has 0 radical (unpaired) electrons. The van der Waals surface area contributed by atoms with Gasteiger partial charge in [0.15, 0.2) is 0 Å². The van der Waals surface area contributed by atoms with Crippen molar-refractivity contribution in [3.8, 4) is 5.75 Å². The number of amides is 1. The number of aryl methyl sites for hydroxylation is 1. The van der Waals surface area contributed by atoms with E-state index < -0.39 is 0 Å². The third-order valence-corrected chi connectivity index (χ3v) is 4.48. The molecule has 25 heavy (non-hydrogen) atoms. The summed E-state index contributed by atoms with van der Waals surface area (Å²) in [5.41, 5.74) is 2.69. The van der Waals surface area contributed by atoms with Gasteiger partial charge in [-0.3, -0.25) is 9.48 Å². The van der Waals surface area contributed by atoms with E-state index in [1.807, 2.05) is 61.8 Å². The highest BCUT2D eigenvalue weighted by Crippen LogP contribution is 2.23. The van der Waals surface area contributed by atoms with E-state index >= 15 is 0 Å². The highest BCUT2D eigenvalue weighted by atomic mass is 32.1. The first-order valence-corrected chi connectivity index (χ1v) is 8.75. The van der Waals surface area contributed by atoms with Gasteiger partial charge in [-0.1, -0.05) is 30.4 Å². The molecule has 0 aliphatic carbocycles. The lowest BCUT2D eigenvalue weighted by Crippen LogP contribution is -2.09. The molecule has 0 atom stereocenters. The minimum absolute atomic E-state index is 0.140. The molecule has 0 unspecified atom stereocenters. The smallest absolute Gasteiger partial charge is 0.265 e. The number of anilines is 1. The number of hydrogen-bond acceptors (Lipinski definition) is 4. The molecule has 0 spiro atoms. The second-order valence-corrected chi connectivity index (χ2v) is 6.41. The Labute approximate surface area is 150 Å². The molecule has 2 aromatic heterocycles. The van der Waals surface area contributed by atoms with E-state index in [9.17, 15) is 4.79 Å². The highest BCUT2D eigenvalue weighted by molar-refractivity contribution is 7.12. The van der Waals surface area contributed by atoms with Crippen molar-refractivity contribution in [2.45, 2.75) is 13.5 Å². The minimum atomic E-state index is -0.140. The van der Waals surface area contributed by atoms with Gasteiger partial charge >= 0.3 is 0 Å². The monoisotopic (exact) mass is 353 g/mol. The molecule has 5 nitrogen and oxygen atoms in total. The van der Waals surface area contributed by atoms with Crippen LogP contribution in [-0.4, -0.2) is 15.7 Å². The van der Waals surface area contributed by atoms with Crippen LogP contribution in [0.2, 0.25) is 0 Å². The van der Waals surface area contributed by atoms with Gasteiger partial charge in [0.1, 0.15) is 12.4 Å². The first-order chi connectivity index (χ1) is 12.2. The van der Waals surface area contributed by atoms with Crippen molar-refractivity contribution in [2.24, 2.45) is 7.05 Å². The van der Waals surface area contributed by atoms with E-state index in [0.717, 1.165) is 16.9 Å². The second-order valence-electron chi connectivity index (χ2n) is 5.50. The molecule has 0 bridgehead atoms. The Morgan fingerprint density at radius 2 is 2.24 bits per heavy atom. The van der Waals surface area contributed by atoms with Gasteiger partial charge in [-0.2, -0.15) is 5.10 Å². The zero-order valence-corrected chi connectivity index (χ0v) is 14.9. The molecule has 0 aliphatic heterocycles. The lowest BCUT2D eigenvalue weighted by molar-refractivity contribution is 0.103. The fraction of sp³-hybridized carbons (Fsp3) is 0.158. The largest absolute Gasteiger partial charge is 0.488 e. The van der Waals surface area contributed by atoms with Crippen molar-refractivity contribution in [2.75, 3.05) is 5.32 Å². The average Bonchev–Trinajstić information content (AvgIpc) is 3.23. The summed E-state index contributed by atoms with van der Waals surface area (Å²) in [5.74, 6) is 0.687. The number of rotatable bonds is 6. The topological polar surface area (TPSA) is 56.1 Å². The number of nitrogens with one attached hydrogen (secondary N) is 1.